The van der Waals surface area contributed by atoms with Gasteiger partial charge in [-0.1, -0.05) is 11.6 Å². The second-order valence-electron chi connectivity index (χ2n) is 7.18. The molecule has 13 heteroatoms. The first kappa shape index (κ1) is 24.5. The van der Waals surface area contributed by atoms with Gasteiger partial charge in [0.1, 0.15) is 6.04 Å². The fraction of sp³-hybridized carbons (Fsp3) is 0.350. The van der Waals surface area contributed by atoms with Crippen LogP contribution in [0, 0.1) is 11.6 Å². The number of urea groups is 1. The minimum Gasteiger partial charge on any atom is -0.468 e. The number of pyridine rings is 1. The van der Waals surface area contributed by atoms with E-state index in [0.29, 0.717) is 0 Å². The van der Waals surface area contributed by atoms with Crippen LogP contribution in [0.1, 0.15) is 24.1 Å². The predicted octanol–water partition coefficient (Wildman–Crippen LogP) is 3.57. The van der Waals surface area contributed by atoms with Gasteiger partial charge in [0.2, 0.25) is 11.8 Å². The Bertz CT molecular complexity index is 1010. The Morgan fingerprint density at radius 1 is 1.33 bits per heavy atom. The lowest BCUT2D eigenvalue weighted by Gasteiger charge is -2.34. The largest absolute Gasteiger partial charge is 0.468 e. The quantitative estimate of drug-likeness (QED) is 0.494. The summed E-state index contributed by atoms with van der Waals surface area (Å²) >= 11 is 5.75. The molecule has 1 aromatic carbocycles. The second kappa shape index (κ2) is 9.77. The Morgan fingerprint density at radius 3 is 2.67 bits per heavy atom. The van der Waals surface area contributed by atoms with Crippen LogP contribution in [-0.2, 0) is 4.79 Å². The molecule has 1 aliphatic heterocycles. The molecule has 1 aliphatic rings. The molecule has 0 saturated carbocycles. The van der Waals surface area contributed by atoms with Gasteiger partial charge in [0.05, 0.1) is 11.1 Å². The van der Waals surface area contributed by atoms with E-state index >= 15 is 0 Å². The highest BCUT2D eigenvalue weighted by Crippen LogP contribution is 2.29. The fourth-order valence-corrected chi connectivity index (χ4v) is 3.39. The van der Waals surface area contributed by atoms with Crippen LogP contribution in [0.25, 0.3) is 0 Å². The third kappa shape index (κ3) is 6.01. The van der Waals surface area contributed by atoms with Crippen molar-refractivity contribution in [3.05, 3.63) is 58.2 Å². The predicted molar refractivity (Wildman–Crippen MR) is 107 cm³/mol. The normalized spacial score (nSPS) is 17.4. The zero-order valence-electron chi connectivity index (χ0n) is 17.0. The van der Waals surface area contributed by atoms with Crippen LogP contribution in [0.15, 0.2) is 30.5 Å². The maximum Gasteiger partial charge on any atom is 0.422 e. The number of piperazine rings is 1. The Hall–Kier alpha value is -3.15. The lowest BCUT2D eigenvalue weighted by molar-refractivity contribution is -0.154. The van der Waals surface area contributed by atoms with Gasteiger partial charge < -0.3 is 20.3 Å². The number of amides is 3. The Labute approximate surface area is 189 Å². The maximum atomic E-state index is 14.0. The van der Waals surface area contributed by atoms with E-state index in [4.69, 9.17) is 11.6 Å². The number of ether oxygens (including phenoxy) is 1. The van der Waals surface area contributed by atoms with Crippen molar-refractivity contribution in [3.63, 3.8) is 0 Å². The number of alkyl halides is 3. The van der Waals surface area contributed by atoms with Gasteiger partial charge in [-0.05, 0) is 36.2 Å². The summed E-state index contributed by atoms with van der Waals surface area (Å²) < 4.78 is 69.3. The third-order valence-electron chi connectivity index (χ3n) is 4.84. The number of nitrogens with one attached hydrogen (secondary N) is 2. The van der Waals surface area contributed by atoms with Gasteiger partial charge in [-0.2, -0.15) is 13.2 Å². The van der Waals surface area contributed by atoms with E-state index in [1.165, 1.54) is 17.9 Å². The summed E-state index contributed by atoms with van der Waals surface area (Å²) in [6, 6.07) is 1.79. The van der Waals surface area contributed by atoms with Gasteiger partial charge in [-0.15, -0.1) is 0 Å². The Balaban J connectivity index is 1.91. The summed E-state index contributed by atoms with van der Waals surface area (Å²) in [7, 11) is 0. The molecule has 1 saturated heterocycles. The molecule has 0 spiro atoms. The molecule has 0 aliphatic carbocycles. The molecule has 178 valence electrons. The molecule has 0 bridgehead atoms. The monoisotopic (exact) mass is 492 g/mol. The summed E-state index contributed by atoms with van der Waals surface area (Å²) in [6.45, 7) is 0.399. The summed E-state index contributed by atoms with van der Waals surface area (Å²) in [5, 5.41) is 4.69. The van der Waals surface area contributed by atoms with Crippen LogP contribution in [-0.4, -0.2) is 53.7 Å². The van der Waals surface area contributed by atoms with E-state index in [2.05, 4.69) is 20.4 Å². The van der Waals surface area contributed by atoms with Gasteiger partial charge in [0, 0.05) is 25.4 Å². The average Bonchev–Trinajstić information content (AvgIpc) is 2.75. The molecule has 7 nitrogen and oxygen atoms in total. The Morgan fingerprint density at radius 2 is 2.06 bits per heavy atom. The third-order valence-corrected chi connectivity index (χ3v) is 5.12. The number of nitrogens with zero attached hydrogens (tertiary/aromatic N) is 2. The van der Waals surface area contributed by atoms with E-state index in [-0.39, 0.29) is 36.0 Å². The highest BCUT2D eigenvalue weighted by atomic mass is 35.5. The van der Waals surface area contributed by atoms with Crippen LogP contribution < -0.4 is 15.4 Å². The molecule has 1 aromatic heterocycles. The maximum absolute atomic E-state index is 14.0. The van der Waals surface area contributed by atoms with Crippen molar-refractivity contribution < 1.29 is 36.3 Å². The average molecular weight is 493 g/mol. The van der Waals surface area contributed by atoms with E-state index in [1.807, 2.05) is 0 Å². The number of benzene rings is 1. The van der Waals surface area contributed by atoms with Crippen LogP contribution in [0.3, 0.4) is 0 Å². The van der Waals surface area contributed by atoms with Crippen molar-refractivity contribution in [1.82, 2.24) is 20.5 Å². The zero-order chi connectivity index (χ0) is 24.3. The number of halogens is 6. The summed E-state index contributed by atoms with van der Waals surface area (Å²) in [4.78, 5) is 29.8. The minimum atomic E-state index is -4.56. The van der Waals surface area contributed by atoms with Gasteiger partial charge >= 0.3 is 12.2 Å². The Kier molecular flexibility index (Phi) is 7.25. The van der Waals surface area contributed by atoms with E-state index < -0.39 is 47.6 Å². The van der Waals surface area contributed by atoms with Crippen molar-refractivity contribution in [2.45, 2.75) is 25.2 Å². The van der Waals surface area contributed by atoms with Gasteiger partial charge in [-0.25, -0.2) is 18.6 Å². The molecule has 2 atom stereocenters. The van der Waals surface area contributed by atoms with E-state index in [0.717, 1.165) is 24.4 Å². The van der Waals surface area contributed by atoms with Gasteiger partial charge in [-0.3, -0.25) is 4.79 Å². The van der Waals surface area contributed by atoms with Gasteiger partial charge in [0.25, 0.3) is 0 Å². The van der Waals surface area contributed by atoms with Crippen molar-refractivity contribution in [3.8, 4) is 5.88 Å². The molecule has 33 heavy (non-hydrogen) atoms. The molecule has 3 amide bonds. The molecular weight excluding hydrogens is 475 g/mol. The van der Waals surface area contributed by atoms with Crippen molar-refractivity contribution in [2.75, 3.05) is 19.7 Å². The first-order chi connectivity index (χ1) is 15.5. The number of carbonyl (C=O) groups is 2. The SMILES string of the molecule is C[C@@H]1C(=O)NCCN1C(=O)N[C@H](c1ccc(OCC(F)(F)F)nc1)c1cc(F)c(F)c(Cl)c1. The molecule has 0 radical (unpaired) electrons. The summed E-state index contributed by atoms with van der Waals surface area (Å²) in [5.41, 5.74) is 0.269. The van der Waals surface area contributed by atoms with E-state index in [9.17, 15) is 31.5 Å². The number of hydrogen-bond acceptors (Lipinski definition) is 4. The molecule has 3 rings (SSSR count). The highest BCUT2D eigenvalue weighted by Gasteiger charge is 2.32. The minimum absolute atomic E-state index is 0.0483. The first-order valence-corrected chi connectivity index (χ1v) is 9.99. The highest BCUT2D eigenvalue weighted by molar-refractivity contribution is 6.30. The van der Waals surface area contributed by atoms with E-state index in [1.54, 1.807) is 0 Å². The lowest BCUT2D eigenvalue weighted by Crippen LogP contribution is -2.58. The standard InChI is InChI=1S/C20H18ClF5N4O3/c1-10-18(31)27-4-5-30(10)19(32)29-17(12-6-13(21)16(23)14(22)7-12)11-2-3-15(28-8-11)33-9-20(24,25)26/h2-3,6-8,10,17H,4-5,9H2,1H3,(H,27,31)(H,29,32)/t10-,17-/m1/s1. The van der Waals surface area contributed by atoms with Crippen LogP contribution >= 0.6 is 11.6 Å². The van der Waals surface area contributed by atoms with Gasteiger partial charge in [0.15, 0.2) is 18.2 Å². The zero-order valence-corrected chi connectivity index (χ0v) is 17.8. The molecule has 2 aromatic rings. The molecular formula is C20H18ClF5N4O3. The van der Waals surface area contributed by atoms with Crippen LogP contribution in [0.4, 0.5) is 26.7 Å². The van der Waals surface area contributed by atoms with Crippen molar-refractivity contribution in [2.24, 2.45) is 0 Å². The number of rotatable bonds is 5. The topological polar surface area (TPSA) is 83.6 Å². The molecule has 2 heterocycles. The number of hydrogen-bond donors (Lipinski definition) is 2. The molecule has 2 N–H and O–H groups in total. The smallest absolute Gasteiger partial charge is 0.422 e. The summed E-state index contributed by atoms with van der Waals surface area (Å²) in [5.74, 6) is -3.23. The van der Waals surface area contributed by atoms with Crippen molar-refractivity contribution >= 4 is 23.5 Å². The molecule has 1 fully saturated rings. The second-order valence-corrected chi connectivity index (χ2v) is 7.58. The fourth-order valence-electron chi connectivity index (χ4n) is 3.17. The summed E-state index contributed by atoms with van der Waals surface area (Å²) in [6.07, 6.45) is -3.44. The first-order valence-electron chi connectivity index (χ1n) is 9.61. The number of carbonyl (C=O) groups excluding carboxylic acids is 2. The van der Waals surface area contributed by atoms with Crippen LogP contribution in [0.5, 0.6) is 5.88 Å². The molecule has 0 unspecified atom stereocenters. The lowest BCUT2D eigenvalue weighted by atomic mass is 10.00. The number of aromatic nitrogens is 1. The van der Waals surface area contributed by atoms with Crippen molar-refractivity contribution in [1.29, 1.82) is 0 Å². The van der Waals surface area contributed by atoms with Crippen LogP contribution in [0.2, 0.25) is 5.02 Å².